The summed E-state index contributed by atoms with van der Waals surface area (Å²) in [5.74, 6) is 1.82. The van der Waals surface area contributed by atoms with Crippen LogP contribution < -0.4 is 20.1 Å². The number of aromatic nitrogens is 2. The van der Waals surface area contributed by atoms with E-state index >= 15 is 0 Å². The van der Waals surface area contributed by atoms with E-state index in [0.29, 0.717) is 48.8 Å². The second-order valence-electron chi connectivity index (χ2n) is 6.83. The van der Waals surface area contributed by atoms with Gasteiger partial charge in [0, 0.05) is 25.4 Å². The van der Waals surface area contributed by atoms with Crippen LogP contribution in [0.4, 0.5) is 0 Å². The number of ether oxygens (including phenoxy) is 2. The van der Waals surface area contributed by atoms with Crippen molar-refractivity contribution < 1.29 is 14.6 Å². The van der Waals surface area contributed by atoms with Crippen LogP contribution in [-0.4, -0.2) is 47.1 Å². The van der Waals surface area contributed by atoms with Crippen LogP contribution in [0, 0.1) is 0 Å². The fourth-order valence-electron chi connectivity index (χ4n) is 2.82. The van der Waals surface area contributed by atoms with Crippen molar-refractivity contribution in [2.75, 3.05) is 26.3 Å². The molecule has 0 saturated carbocycles. The topological polar surface area (TPSA) is 92.9 Å². The van der Waals surface area contributed by atoms with Crippen LogP contribution in [-0.2, 0) is 19.2 Å². The van der Waals surface area contributed by atoms with Crippen LogP contribution in [0.2, 0.25) is 5.02 Å². The van der Waals surface area contributed by atoms with Crippen molar-refractivity contribution >= 4 is 17.6 Å². The predicted molar refractivity (Wildman–Crippen MR) is 108 cm³/mol. The van der Waals surface area contributed by atoms with Crippen molar-refractivity contribution in [3.05, 3.63) is 40.7 Å². The molecule has 152 valence electrons. The molecule has 2 heterocycles. The van der Waals surface area contributed by atoms with Crippen molar-refractivity contribution in [2.24, 2.45) is 12.0 Å². The van der Waals surface area contributed by atoms with Crippen LogP contribution in [0.5, 0.6) is 11.5 Å². The molecule has 0 amide bonds. The van der Waals surface area contributed by atoms with Gasteiger partial charge in [-0.05, 0) is 31.5 Å². The minimum absolute atomic E-state index is 0.284. The lowest BCUT2D eigenvalue weighted by atomic mass is 10.00. The zero-order chi connectivity index (χ0) is 20.1. The maximum Gasteiger partial charge on any atom is 0.191 e. The summed E-state index contributed by atoms with van der Waals surface area (Å²) in [6, 6.07) is 3.72. The first-order valence-electron chi connectivity index (χ1n) is 9.21. The molecule has 8 nitrogen and oxygen atoms in total. The average molecular weight is 408 g/mol. The van der Waals surface area contributed by atoms with Gasteiger partial charge >= 0.3 is 0 Å². The van der Waals surface area contributed by atoms with Gasteiger partial charge in [-0.15, -0.1) is 0 Å². The van der Waals surface area contributed by atoms with Crippen molar-refractivity contribution in [3.8, 4) is 11.5 Å². The molecule has 1 atom stereocenters. The Bertz CT molecular complexity index is 850. The number of halogens is 1. The van der Waals surface area contributed by atoms with Crippen molar-refractivity contribution in [1.29, 1.82) is 0 Å². The van der Waals surface area contributed by atoms with Crippen LogP contribution in [0.25, 0.3) is 0 Å². The normalized spacial score (nSPS) is 15.8. The maximum atomic E-state index is 10.7. The molecule has 0 saturated heterocycles. The van der Waals surface area contributed by atoms with Gasteiger partial charge in [0.1, 0.15) is 18.8 Å². The fourth-order valence-corrected chi connectivity index (χ4v) is 3.11. The van der Waals surface area contributed by atoms with Gasteiger partial charge in [0.25, 0.3) is 0 Å². The first-order chi connectivity index (χ1) is 13.4. The number of guanidine groups is 1. The Hall–Kier alpha value is -2.45. The Morgan fingerprint density at radius 1 is 1.36 bits per heavy atom. The van der Waals surface area contributed by atoms with Crippen LogP contribution >= 0.6 is 11.6 Å². The Labute approximate surface area is 169 Å². The van der Waals surface area contributed by atoms with Gasteiger partial charge in [0.15, 0.2) is 17.5 Å². The van der Waals surface area contributed by atoms with E-state index in [-0.39, 0.29) is 6.54 Å². The molecule has 3 rings (SSSR count). The Balaban J connectivity index is 1.68. The van der Waals surface area contributed by atoms with Gasteiger partial charge in [-0.2, -0.15) is 5.10 Å². The molecule has 3 N–H and O–H groups in total. The minimum atomic E-state index is -1.08. The summed E-state index contributed by atoms with van der Waals surface area (Å²) in [4.78, 5) is 4.58. The molecule has 1 aromatic carbocycles. The van der Waals surface area contributed by atoms with Crippen molar-refractivity contribution in [2.45, 2.75) is 26.0 Å². The van der Waals surface area contributed by atoms with E-state index < -0.39 is 5.60 Å². The number of rotatable bonds is 6. The molecular weight excluding hydrogens is 382 g/mol. The van der Waals surface area contributed by atoms with Crippen LogP contribution in [0.15, 0.2) is 29.5 Å². The standard InChI is InChI=1S/C19H26ClN5O3/c1-4-21-18(23-12-19(2,26)14-10-24-25(3)11-14)22-9-13-7-15(20)17-16(8-13)27-5-6-28-17/h7-8,10-11,26H,4-6,9,12H2,1-3H3,(H2,21,22,23). The molecule has 1 unspecified atom stereocenters. The van der Waals surface area contributed by atoms with E-state index in [4.69, 9.17) is 21.1 Å². The number of benzene rings is 1. The quantitative estimate of drug-likeness (QED) is 0.499. The first-order valence-corrected chi connectivity index (χ1v) is 9.58. The van der Waals surface area contributed by atoms with E-state index in [1.807, 2.05) is 26.1 Å². The molecule has 28 heavy (non-hydrogen) atoms. The highest BCUT2D eigenvalue weighted by Crippen LogP contribution is 2.38. The molecule has 0 aliphatic carbocycles. The number of fused-ring (bicyclic) bond motifs is 1. The largest absolute Gasteiger partial charge is 0.486 e. The maximum absolute atomic E-state index is 10.7. The van der Waals surface area contributed by atoms with E-state index in [9.17, 15) is 5.11 Å². The molecular formula is C19H26ClN5O3. The summed E-state index contributed by atoms with van der Waals surface area (Å²) >= 11 is 6.29. The molecule has 1 aliphatic rings. The SMILES string of the molecule is CCNC(=NCc1cc(Cl)c2c(c1)OCCO2)NCC(C)(O)c1cnn(C)c1. The number of hydrogen-bond acceptors (Lipinski definition) is 5. The predicted octanol–water partition coefficient (Wildman–Crippen LogP) is 1.81. The molecule has 0 radical (unpaired) electrons. The Kier molecular flexibility index (Phi) is 6.31. The molecule has 0 fully saturated rings. The number of aliphatic hydroxyl groups is 1. The second kappa shape index (κ2) is 8.70. The third-order valence-corrected chi connectivity index (χ3v) is 4.63. The van der Waals surface area contributed by atoms with E-state index in [2.05, 4.69) is 20.7 Å². The Morgan fingerprint density at radius 2 is 2.14 bits per heavy atom. The van der Waals surface area contributed by atoms with E-state index in [1.54, 1.807) is 24.0 Å². The number of hydrogen-bond donors (Lipinski definition) is 3. The summed E-state index contributed by atoms with van der Waals surface area (Å²) in [5, 5.41) is 21.7. The van der Waals surface area contributed by atoms with Crippen LogP contribution in [0.1, 0.15) is 25.0 Å². The van der Waals surface area contributed by atoms with Crippen molar-refractivity contribution in [1.82, 2.24) is 20.4 Å². The number of aryl methyl sites for hydroxylation is 1. The van der Waals surface area contributed by atoms with Gasteiger partial charge < -0.3 is 25.2 Å². The Morgan fingerprint density at radius 3 is 2.86 bits per heavy atom. The summed E-state index contributed by atoms with van der Waals surface area (Å²) in [7, 11) is 1.82. The molecule has 1 aliphatic heterocycles. The zero-order valence-corrected chi connectivity index (χ0v) is 17.1. The second-order valence-corrected chi connectivity index (χ2v) is 7.23. The number of nitrogens with one attached hydrogen (secondary N) is 2. The molecule has 2 aromatic rings. The summed E-state index contributed by atoms with van der Waals surface area (Å²) in [6.45, 7) is 6.10. The van der Waals surface area contributed by atoms with Gasteiger partial charge in [0.05, 0.1) is 24.3 Å². The summed E-state index contributed by atoms with van der Waals surface area (Å²) < 4.78 is 12.8. The van der Waals surface area contributed by atoms with E-state index in [0.717, 1.165) is 11.1 Å². The lowest BCUT2D eigenvalue weighted by molar-refractivity contribution is 0.0616. The number of aliphatic imine (C=N–C) groups is 1. The highest BCUT2D eigenvalue weighted by molar-refractivity contribution is 6.32. The van der Waals surface area contributed by atoms with Crippen LogP contribution in [0.3, 0.4) is 0 Å². The fraction of sp³-hybridized carbons (Fsp3) is 0.474. The van der Waals surface area contributed by atoms with Gasteiger partial charge in [-0.1, -0.05) is 11.6 Å². The summed E-state index contributed by atoms with van der Waals surface area (Å²) in [6.07, 6.45) is 3.45. The highest BCUT2D eigenvalue weighted by Gasteiger charge is 2.25. The molecule has 0 bridgehead atoms. The van der Waals surface area contributed by atoms with Gasteiger partial charge in [-0.25, -0.2) is 4.99 Å². The monoisotopic (exact) mass is 407 g/mol. The van der Waals surface area contributed by atoms with E-state index in [1.165, 1.54) is 0 Å². The lowest BCUT2D eigenvalue weighted by Crippen LogP contribution is -2.44. The molecule has 0 spiro atoms. The number of nitrogens with zero attached hydrogens (tertiary/aromatic N) is 3. The molecule has 9 heteroatoms. The summed E-state index contributed by atoms with van der Waals surface area (Å²) in [5.41, 5.74) is 0.563. The molecule has 1 aromatic heterocycles. The smallest absolute Gasteiger partial charge is 0.191 e. The average Bonchev–Trinajstić information content (AvgIpc) is 3.11. The van der Waals surface area contributed by atoms with Gasteiger partial charge in [-0.3, -0.25) is 4.68 Å². The lowest BCUT2D eigenvalue weighted by Gasteiger charge is -2.24. The first kappa shape index (κ1) is 20.3. The third kappa shape index (κ3) is 4.88. The zero-order valence-electron chi connectivity index (χ0n) is 16.3. The minimum Gasteiger partial charge on any atom is -0.486 e. The highest BCUT2D eigenvalue weighted by atomic mass is 35.5. The van der Waals surface area contributed by atoms with Gasteiger partial charge in [0.2, 0.25) is 0 Å². The third-order valence-electron chi connectivity index (χ3n) is 4.35. The van der Waals surface area contributed by atoms with Crippen molar-refractivity contribution in [3.63, 3.8) is 0 Å².